The fourth-order valence-electron chi connectivity index (χ4n) is 1.07. The minimum atomic E-state index is -0.805. The van der Waals surface area contributed by atoms with E-state index in [-0.39, 0.29) is 13.2 Å². The van der Waals surface area contributed by atoms with Gasteiger partial charge in [0.2, 0.25) is 0 Å². The highest BCUT2D eigenvalue weighted by Gasteiger charge is 2.02. The van der Waals surface area contributed by atoms with E-state index in [0.717, 1.165) is 12.2 Å². The molecule has 0 amide bonds. The number of hydrogen-bond donors (Lipinski definition) is 2. The van der Waals surface area contributed by atoms with Crippen molar-refractivity contribution in [3.05, 3.63) is 29.8 Å². The number of aliphatic hydroxyl groups excluding tert-OH is 2. The van der Waals surface area contributed by atoms with Gasteiger partial charge < -0.3 is 14.9 Å². The summed E-state index contributed by atoms with van der Waals surface area (Å²) in [5, 5.41) is 17.6. The van der Waals surface area contributed by atoms with E-state index in [1.165, 1.54) is 5.56 Å². The second-order valence-electron chi connectivity index (χ2n) is 3.14. The van der Waals surface area contributed by atoms with Crippen LogP contribution in [0.2, 0.25) is 0 Å². The van der Waals surface area contributed by atoms with Crippen molar-refractivity contribution in [1.29, 1.82) is 0 Å². The van der Waals surface area contributed by atoms with Crippen LogP contribution in [-0.4, -0.2) is 29.5 Å². The number of ether oxygens (including phenoxy) is 1. The molecule has 3 heteroatoms. The molecule has 0 aliphatic carbocycles. The molecule has 0 aliphatic rings. The predicted molar refractivity (Wildman–Crippen MR) is 54.4 cm³/mol. The maximum Gasteiger partial charge on any atom is 0.119 e. The Morgan fingerprint density at radius 2 is 1.93 bits per heavy atom. The molecule has 0 saturated heterocycles. The van der Waals surface area contributed by atoms with Crippen molar-refractivity contribution in [3.63, 3.8) is 0 Å². The largest absolute Gasteiger partial charge is 0.491 e. The molecular weight excluding hydrogens is 180 g/mol. The third kappa shape index (κ3) is 3.36. The summed E-state index contributed by atoms with van der Waals surface area (Å²) in [6.07, 6.45) is 0.195. The lowest BCUT2D eigenvalue weighted by molar-refractivity contribution is 0.0536. The Hall–Kier alpha value is -1.06. The van der Waals surface area contributed by atoms with Crippen LogP contribution >= 0.6 is 0 Å². The van der Waals surface area contributed by atoms with Crippen molar-refractivity contribution in [2.24, 2.45) is 0 Å². The molecule has 1 aromatic carbocycles. The zero-order valence-corrected chi connectivity index (χ0v) is 8.31. The maximum absolute atomic E-state index is 9.05. The highest BCUT2D eigenvalue weighted by atomic mass is 16.5. The molecule has 0 aromatic heterocycles. The maximum atomic E-state index is 9.05. The number of benzene rings is 1. The lowest BCUT2D eigenvalue weighted by Crippen LogP contribution is -2.21. The Balaban J connectivity index is 2.43. The summed E-state index contributed by atoms with van der Waals surface area (Å²) < 4.78 is 5.25. The lowest BCUT2D eigenvalue weighted by Gasteiger charge is -2.09. The molecule has 0 heterocycles. The van der Waals surface area contributed by atoms with Gasteiger partial charge in [-0.3, -0.25) is 0 Å². The summed E-state index contributed by atoms with van der Waals surface area (Å²) >= 11 is 0. The van der Waals surface area contributed by atoms with Gasteiger partial charge in [0.25, 0.3) is 0 Å². The molecule has 78 valence electrons. The van der Waals surface area contributed by atoms with E-state index >= 15 is 0 Å². The fraction of sp³-hybridized carbons (Fsp3) is 0.455. The minimum Gasteiger partial charge on any atom is -0.491 e. The van der Waals surface area contributed by atoms with Gasteiger partial charge >= 0.3 is 0 Å². The first-order chi connectivity index (χ1) is 6.76. The van der Waals surface area contributed by atoms with Crippen molar-refractivity contribution in [2.75, 3.05) is 13.2 Å². The quantitative estimate of drug-likeness (QED) is 0.738. The number of aliphatic hydroxyl groups is 2. The average Bonchev–Trinajstić information content (AvgIpc) is 2.26. The fourth-order valence-corrected chi connectivity index (χ4v) is 1.07. The highest BCUT2D eigenvalue weighted by Crippen LogP contribution is 2.12. The molecule has 0 unspecified atom stereocenters. The smallest absolute Gasteiger partial charge is 0.119 e. The van der Waals surface area contributed by atoms with E-state index in [4.69, 9.17) is 14.9 Å². The molecule has 0 saturated carbocycles. The predicted octanol–water partition coefficient (Wildman–Crippen LogP) is 0.981. The first kappa shape index (κ1) is 11.0. The van der Waals surface area contributed by atoms with Crippen molar-refractivity contribution < 1.29 is 14.9 Å². The molecule has 0 spiro atoms. The van der Waals surface area contributed by atoms with E-state index in [1.807, 2.05) is 24.3 Å². The van der Waals surface area contributed by atoms with Gasteiger partial charge in [0.1, 0.15) is 18.5 Å². The van der Waals surface area contributed by atoms with Crippen LogP contribution in [0.3, 0.4) is 0 Å². The third-order valence-corrected chi connectivity index (χ3v) is 1.98. The van der Waals surface area contributed by atoms with Crippen LogP contribution in [-0.2, 0) is 6.42 Å². The van der Waals surface area contributed by atoms with Gasteiger partial charge in [0.05, 0.1) is 6.61 Å². The average molecular weight is 196 g/mol. The van der Waals surface area contributed by atoms with Crippen LogP contribution in [0.5, 0.6) is 5.75 Å². The van der Waals surface area contributed by atoms with Crippen molar-refractivity contribution in [1.82, 2.24) is 0 Å². The summed E-state index contributed by atoms with van der Waals surface area (Å²) in [6, 6.07) is 7.70. The van der Waals surface area contributed by atoms with Crippen LogP contribution in [0.1, 0.15) is 12.5 Å². The summed E-state index contributed by atoms with van der Waals surface area (Å²) in [4.78, 5) is 0. The Morgan fingerprint density at radius 3 is 2.43 bits per heavy atom. The van der Waals surface area contributed by atoms with Gasteiger partial charge in [-0.2, -0.15) is 0 Å². The Morgan fingerprint density at radius 1 is 1.29 bits per heavy atom. The first-order valence-corrected chi connectivity index (χ1v) is 4.77. The first-order valence-electron chi connectivity index (χ1n) is 4.77. The second kappa shape index (κ2) is 5.62. The van der Waals surface area contributed by atoms with Crippen LogP contribution in [0.15, 0.2) is 24.3 Å². The monoisotopic (exact) mass is 196 g/mol. The van der Waals surface area contributed by atoms with E-state index in [9.17, 15) is 0 Å². The van der Waals surface area contributed by atoms with Crippen molar-refractivity contribution >= 4 is 0 Å². The van der Waals surface area contributed by atoms with Crippen LogP contribution in [0.4, 0.5) is 0 Å². The van der Waals surface area contributed by atoms with E-state index in [2.05, 4.69) is 6.92 Å². The Labute approximate surface area is 84.0 Å². The molecule has 1 atom stereocenters. The third-order valence-electron chi connectivity index (χ3n) is 1.98. The molecule has 14 heavy (non-hydrogen) atoms. The topological polar surface area (TPSA) is 49.7 Å². The Kier molecular flexibility index (Phi) is 4.43. The molecule has 1 aromatic rings. The molecule has 0 fully saturated rings. The lowest BCUT2D eigenvalue weighted by atomic mass is 10.2. The van der Waals surface area contributed by atoms with E-state index in [0.29, 0.717) is 0 Å². The van der Waals surface area contributed by atoms with E-state index in [1.54, 1.807) is 0 Å². The molecule has 0 aliphatic heterocycles. The molecule has 3 nitrogen and oxygen atoms in total. The van der Waals surface area contributed by atoms with Crippen LogP contribution in [0.25, 0.3) is 0 Å². The molecule has 2 N–H and O–H groups in total. The van der Waals surface area contributed by atoms with Gasteiger partial charge in [-0.05, 0) is 24.1 Å². The second-order valence-corrected chi connectivity index (χ2v) is 3.14. The van der Waals surface area contributed by atoms with Crippen LogP contribution < -0.4 is 4.74 Å². The molecule has 0 radical (unpaired) electrons. The van der Waals surface area contributed by atoms with Gasteiger partial charge in [-0.25, -0.2) is 0 Å². The van der Waals surface area contributed by atoms with Gasteiger partial charge in [-0.1, -0.05) is 19.1 Å². The number of hydrogen-bond acceptors (Lipinski definition) is 3. The highest BCUT2D eigenvalue weighted by molar-refractivity contribution is 5.27. The summed E-state index contributed by atoms with van der Waals surface area (Å²) in [6.45, 7) is 1.94. The van der Waals surface area contributed by atoms with Gasteiger partial charge in [0.15, 0.2) is 0 Å². The number of aryl methyl sites for hydroxylation is 1. The van der Waals surface area contributed by atoms with Gasteiger partial charge in [-0.15, -0.1) is 0 Å². The van der Waals surface area contributed by atoms with E-state index < -0.39 is 6.10 Å². The Bertz CT molecular complexity index is 256. The van der Waals surface area contributed by atoms with Gasteiger partial charge in [0, 0.05) is 0 Å². The SMILES string of the molecule is CCc1ccc(OC[C@@H](O)CO)cc1. The molecule has 1 rings (SSSR count). The zero-order chi connectivity index (χ0) is 10.4. The minimum absolute atomic E-state index is 0.127. The summed E-state index contributed by atoms with van der Waals surface area (Å²) in [5.74, 6) is 0.717. The summed E-state index contributed by atoms with van der Waals surface area (Å²) in [7, 11) is 0. The van der Waals surface area contributed by atoms with Crippen LogP contribution in [0, 0.1) is 0 Å². The number of rotatable bonds is 5. The summed E-state index contributed by atoms with van der Waals surface area (Å²) in [5.41, 5.74) is 1.25. The normalized spacial score (nSPS) is 12.5. The molecular formula is C11H16O3. The zero-order valence-electron chi connectivity index (χ0n) is 8.31. The van der Waals surface area contributed by atoms with Crippen molar-refractivity contribution in [2.45, 2.75) is 19.4 Å². The van der Waals surface area contributed by atoms with Crippen molar-refractivity contribution in [3.8, 4) is 5.75 Å². The standard InChI is InChI=1S/C11H16O3/c1-2-9-3-5-11(6-4-9)14-8-10(13)7-12/h3-6,10,12-13H,2,7-8H2,1H3/t10-/m0/s1. The molecule has 0 bridgehead atoms.